The normalized spacial score (nSPS) is 11.2. The highest BCUT2D eigenvalue weighted by Crippen LogP contribution is 2.19. The van der Waals surface area contributed by atoms with Gasteiger partial charge in [0.25, 0.3) is 0 Å². The summed E-state index contributed by atoms with van der Waals surface area (Å²) in [6.45, 7) is 4.52. The molecule has 0 saturated carbocycles. The summed E-state index contributed by atoms with van der Waals surface area (Å²) in [6, 6.07) is 8.52. The summed E-state index contributed by atoms with van der Waals surface area (Å²) >= 11 is 0. The summed E-state index contributed by atoms with van der Waals surface area (Å²) in [7, 11) is 0. The fraction of sp³-hybridized carbons (Fsp3) is 0.567. The Balaban J connectivity index is 1.55. The molecule has 0 saturated heterocycles. The minimum atomic E-state index is -0.862. The number of aliphatic carboxylic acids is 1. The first kappa shape index (κ1) is 29.5. The summed E-state index contributed by atoms with van der Waals surface area (Å²) < 4.78 is 11.4. The second-order valence-electron chi connectivity index (χ2n) is 9.21. The third-order valence-corrected chi connectivity index (χ3v) is 6.03. The number of carboxylic acids is 1. The van der Waals surface area contributed by atoms with Crippen LogP contribution in [0.3, 0.4) is 0 Å². The van der Waals surface area contributed by atoms with E-state index in [0.717, 1.165) is 63.7 Å². The molecule has 0 radical (unpaired) electrons. The maximum atomic E-state index is 10.4. The Morgan fingerprint density at radius 3 is 2.17 bits per heavy atom. The third kappa shape index (κ3) is 14.0. The van der Waals surface area contributed by atoms with Gasteiger partial charge >= 0.3 is 5.97 Å². The van der Waals surface area contributed by atoms with Crippen molar-refractivity contribution >= 4 is 5.97 Å². The quantitative estimate of drug-likeness (QED) is 0.143. The maximum Gasteiger partial charge on any atom is 0.327 e. The van der Waals surface area contributed by atoms with Crippen LogP contribution >= 0.6 is 0 Å². The van der Waals surface area contributed by atoms with Crippen LogP contribution < -0.4 is 4.74 Å². The lowest BCUT2D eigenvalue weighted by Crippen LogP contribution is -2.02. The zero-order valence-corrected chi connectivity index (χ0v) is 22.0. The standard InChI is InChI=1S/C30H44N2O4/c1-2-3-12-21-35-22-13-14-23-36-28-24-31-30(32-25-28)27-19-17-26(18-20-27)15-10-8-6-4-5-7-9-11-16-29(33)34/h11,16-20,24-25H,2-10,12-15,21-23H2,1H3,(H,33,34)/b16-11+. The van der Waals surface area contributed by atoms with Crippen molar-refractivity contribution in [2.45, 2.75) is 90.4 Å². The van der Waals surface area contributed by atoms with E-state index in [1.54, 1.807) is 18.5 Å². The molecule has 0 aliphatic heterocycles. The molecule has 1 aromatic carbocycles. The van der Waals surface area contributed by atoms with Crippen molar-refractivity contribution in [1.29, 1.82) is 0 Å². The predicted molar refractivity (Wildman–Crippen MR) is 145 cm³/mol. The minimum Gasteiger partial charge on any atom is -0.490 e. The lowest BCUT2D eigenvalue weighted by molar-refractivity contribution is -0.131. The van der Waals surface area contributed by atoms with Crippen molar-refractivity contribution < 1.29 is 19.4 Å². The molecule has 6 heteroatoms. The number of ether oxygens (including phenoxy) is 2. The van der Waals surface area contributed by atoms with Crippen LogP contribution in [0.1, 0.15) is 89.5 Å². The van der Waals surface area contributed by atoms with Crippen molar-refractivity contribution in [2.24, 2.45) is 0 Å². The lowest BCUT2D eigenvalue weighted by Gasteiger charge is -2.07. The fourth-order valence-corrected chi connectivity index (χ4v) is 3.90. The van der Waals surface area contributed by atoms with E-state index in [4.69, 9.17) is 14.6 Å². The van der Waals surface area contributed by atoms with Crippen LogP contribution in [-0.4, -0.2) is 40.9 Å². The van der Waals surface area contributed by atoms with E-state index in [1.165, 1.54) is 50.2 Å². The van der Waals surface area contributed by atoms with Gasteiger partial charge in [-0.3, -0.25) is 0 Å². The molecule has 0 spiro atoms. The van der Waals surface area contributed by atoms with Crippen LogP contribution in [0.4, 0.5) is 0 Å². The average Bonchev–Trinajstić information content (AvgIpc) is 2.89. The van der Waals surface area contributed by atoms with Crippen molar-refractivity contribution in [3.8, 4) is 17.1 Å². The van der Waals surface area contributed by atoms with Gasteiger partial charge in [-0.1, -0.05) is 75.8 Å². The van der Waals surface area contributed by atoms with Gasteiger partial charge in [-0.25, -0.2) is 14.8 Å². The number of carboxylic acid groups (broad SMARTS) is 1. The van der Waals surface area contributed by atoms with Gasteiger partial charge in [0, 0.05) is 24.9 Å². The molecule has 1 N–H and O–H groups in total. The number of aryl methyl sites for hydroxylation is 1. The monoisotopic (exact) mass is 496 g/mol. The molecule has 2 rings (SSSR count). The highest BCUT2D eigenvalue weighted by atomic mass is 16.5. The van der Waals surface area contributed by atoms with Crippen LogP contribution in [0, 0.1) is 0 Å². The number of unbranched alkanes of at least 4 members (excludes halogenated alkanes) is 9. The molecule has 2 aromatic rings. The largest absolute Gasteiger partial charge is 0.490 e. The zero-order valence-electron chi connectivity index (χ0n) is 22.0. The summed E-state index contributed by atoms with van der Waals surface area (Å²) in [6.07, 6.45) is 21.1. The first-order valence-electron chi connectivity index (χ1n) is 13.7. The van der Waals surface area contributed by atoms with E-state index in [-0.39, 0.29) is 0 Å². The van der Waals surface area contributed by atoms with Gasteiger partial charge in [-0.05, 0) is 50.5 Å². The number of carbonyl (C=O) groups is 1. The molecule has 0 fully saturated rings. The second kappa shape index (κ2) is 19.5. The predicted octanol–water partition coefficient (Wildman–Crippen LogP) is 7.42. The highest BCUT2D eigenvalue weighted by Gasteiger charge is 2.03. The van der Waals surface area contributed by atoms with Gasteiger partial charge in [0.1, 0.15) is 0 Å². The molecule has 1 heterocycles. The highest BCUT2D eigenvalue weighted by molar-refractivity contribution is 5.79. The molecular formula is C30H44N2O4. The molecule has 0 bridgehead atoms. The van der Waals surface area contributed by atoms with Crippen molar-refractivity contribution in [2.75, 3.05) is 19.8 Å². The van der Waals surface area contributed by atoms with Crippen LogP contribution in [0.15, 0.2) is 48.8 Å². The van der Waals surface area contributed by atoms with Crippen LogP contribution in [0.25, 0.3) is 11.4 Å². The molecular weight excluding hydrogens is 452 g/mol. The van der Waals surface area contributed by atoms with E-state index in [2.05, 4.69) is 41.2 Å². The fourth-order valence-electron chi connectivity index (χ4n) is 3.90. The Morgan fingerprint density at radius 2 is 1.47 bits per heavy atom. The number of rotatable bonds is 21. The molecule has 1 aromatic heterocycles. The number of hydrogen-bond acceptors (Lipinski definition) is 5. The number of hydrogen-bond donors (Lipinski definition) is 1. The second-order valence-corrected chi connectivity index (χ2v) is 9.21. The first-order chi connectivity index (χ1) is 17.7. The van der Waals surface area contributed by atoms with Gasteiger partial charge in [0.15, 0.2) is 11.6 Å². The zero-order chi connectivity index (χ0) is 25.7. The van der Waals surface area contributed by atoms with Crippen LogP contribution in [0.2, 0.25) is 0 Å². The molecule has 0 atom stereocenters. The molecule has 0 aliphatic rings. The topological polar surface area (TPSA) is 81.5 Å². The van der Waals surface area contributed by atoms with Crippen LogP contribution in [0.5, 0.6) is 5.75 Å². The van der Waals surface area contributed by atoms with Crippen molar-refractivity contribution in [3.05, 3.63) is 54.4 Å². The van der Waals surface area contributed by atoms with E-state index >= 15 is 0 Å². The Kier molecular flexibility index (Phi) is 15.9. The van der Waals surface area contributed by atoms with Crippen molar-refractivity contribution in [1.82, 2.24) is 9.97 Å². The smallest absolute Gasteiger partial charge is 0.327 e. The molecule has 0 unspecified atom stereocenters. The number of benzene rings is 1. The molecule has 6 nitrogen and oxygen atoms in total. The first-order valence-corrected chi connectivity index (χ1v) is 13.7. The SMILES string of the molecule is CCCCCOCCCCOc1cnc(-c2ccc(CCCCCCCC/C=C/C(=O)O)cc2)nc1. The summed E-state index contributed by atoms with van der Waals surface area (Å²) in [5.74, 6) is 0.558. The summed E-state index contributed by atoms with van der Waals surface area (Å²) in [5.41, 5.74) is 2.36. The van der Waals surface area contributed by atoms with Gasteiger partial charge in [0.2, 0.25) is 0 Å². The van der Waals surface area contributed by atoms with E-state index in [0.29, 0.717) is 18.2 Å². The Hall–Kier alpha value is -2.73. The number of allylic oxidation sites excluding steroid dienone is 1. The Labute approximate surface area is 217 Å². The summed E-state index contributed by atoms with van der Waals surface area (Å²) in [5, 5.41) is 8.56. The van der Waals surface area contributed by atoms with Crippen molar-refractivity contribution in [3.63, 3.8) is 0 Å². The Morgan fingerprint density at radius 1 is 0.833 bits per heavy atom. The Bertz CT molecular complexity index is 850. The van der Waals surface area contributed by atoms with E-state index in [9.17, 15) is 4.79 Å². The van der Waals surface area contributed by atoms with Gasteiger partial charge < -0.3 is 14.6 Å². The van der Waals surface area contributed by atoms with Gasteiger partial charge in [0.05, 0.1) is 19.0 Å². The molecule has 198 valence electrons. The molecule has 36 heavy (non-hydrogen) atoms. The molecule has 0 amide bonds. The minimum absolute atomic E-state index is 0.653. The van der Waals surface area contributed by atoms with E-state index < -0.39 is 5.97 Å². The maximum absolute atomic E-state index is 10.4. The lowest BCUT2D eigenvalue weighted by atomic mass is 10.0. The van der Waals surface area contributed by atoms with Crippen LogP contribution in [-0.2, 0) is 16.0 Å². The molecule has 0 aliphatic carbocycles. The van der Waals surface area contributed by atoms with Gasteiger partial charge in [-0.2, -0.15) is 0 Å². The number of aromatic nitrogens is 2. The average molecular weight is 497 g/mol. The number of nitrogens with zero attached hydrogens (tertiary/aromatic N) is 2. The third-order valence-electron chi connectivity index (χ3n) is 6.03. The van der Waals surface area contributed by atoms with E-state index in [1.807, 2.05) is 0 Å². The summed E-state index contributed by atoms with van der Waals surface area (Å²) in [4.78, 5) is 19.4. The van der Waals surface area contributed by atoms with Gasteiger partial charge in [-0.15, -0.1) is 0 Å².